The van der Waals surface area contributed by atoms with Crippen LogP contribution >= 0.6 is 0 Å². The van der Waals surface area contributed by atoms with Crippen LogP contribution in [0.4, 0.5) is 17.1 Å². The molecule has 0 saturated carbocycles. The van der Waals surface area contributed by atoms with Gasteiger partial charge in [-0.05, 0) is 56.0 Å². The number of nitrogens with one attached hydrogen (secondary N) is 1. The van der Waals surface area contributed by atoms with Gasteiger partial charge in [0, 0.05) is 30.9 Å². The van der Waals surface area contributed by atoms with Gasteiger partial charge >= 0.3 is 5.97 Å². The van der Waals surface area contributed by atoms with E-state index in [0.29, 0.717) is 22.9 Å². The Labute approximate surface area is 175 Å². The van der Waals surface area contributed by atoms with Crippen LogP contribution in [0.1, 0.15) is 47.4 Å². The molecule has 1 aliphatic heterocycles. The van der Waals surface area contributed by atoms with E-state index in [4.69, 9.17) is 4.74 Å². The highest BCUT2D eigenvalue weighted by atomic mass is 16.6. The Balaban J connectivity index is 1.83. The Kier molecular flexibility index (Phi) is 6.66. The molecule has 3 rings (SSSR count). The van der Waals surface area contributed by atoms with Crippen LogP contribution in [-0.2, 0) is 4.74 Å². The van der Waals surface area contributed by atoms with Crippen molar-refractivity contribution in [3.05, 3.63) is 63.7 Å². The molecule has 2 aromatic carbocycles. The zero-order valence-electron chi connectivity index (χ0n) is 17.1. The maximum absolute atomic E-state index is 13.0. The van der Waals surface area contributed by atoms with E-state index in [9.17, 15) is 19.7 Å². The number of nitro benzene ring substituents is 1. The first kappa shape index (κ1) is 21.3. The van der Waals surface area contributed by atoms with Gasteiger partial charge in [0.05, 0.1) is 28.3 Å². The van der Waals surface area contributed by atoms with Crippen LogP contribution in [0.15, 0.2) is 42.5 Å². The van der Waals surface area contributed by atoms with E-state index in [2.05, 4.69) is 17.1 Å². The zero-order chi connectivity index (χ0) is 21.7. The summed E-state index contributed by atoms with van der Waals surface area (Å²) in [5.41, 5.74) is 1.68. The monoisotopic (exact) mass is 411 g/mol. The quantitative estimate of drug-likeness (QED) is 0.433. The van der Waals surface area contributed by atoms with Crippen LogP contribution in [-0.4, -0.2) is 36.5 Å². The van der Waals surface area contributed by atoms with Crippen molar-refractivity contribution < 1.29 is 19.2 Å². The number of nitro groups is 1. The lowest BCUT2D eigenvalue weighted by atomic mass is 9.98. The predicted octanol–water partition coefficient (Wildman–Crippen LogP) is 4.26. The molecule has 1 N–H and O–H groups in total. The molecule has 0 spiro atoms. The third-order valence-electron chi connectivity index (χ3n) is 5.21. The molecule has 1 saturated heterocycles. The number of rotatable bonds is 6. The fourth-order valence-electron chi connectivity index (χ4n) is 3.45. The number of benzene rings is 2. The van der Waals surface area contributed by atoms with Gasteiger partial charge < -0.3 is 15.0 Å². The average molecular weight is 411 g/mol. The number of hydrogen-bond donors (Lipinski definition) is 1. The van der Waals surface area contributed by atoms with Gasteiger partial charge in [-0.3, -0.25) is 14.9 Å². The summed E-state index contributed by atoms with van der Waals surface area (Å²) in [6, 6.07) is 10.7. The number of piperidine rings is 1. The Morgan fingerprint density at radius 1 is 1.17 bits per heavy atom. The number of amides is 1. The average Bonchev–Trinajstić information content (AvgIpc) is 2.74. The lowest BCUT2D eigenvalue weighted by molar-refractivity contribution is -0.384. The van der Waals surface area contributed by atoms with E-state index in [-0.39, 0.29) is 17.9 Å². The fourth-order valence-corrected chi connectivity index (χ4v) is 3.45. The Bertz CT molecular complexity index is 934. The molecule has 158 valence electrons. The summed E-state index contributed by atoms with van der Waals surface area (Å²) >= 11 is 0. The van der Waals surface area contributed by atoms with Crippen molar-refractivity contribution in [2.75, 3.05) is 29.9 Å². The van der Waals surface area contributed by atoms with Crippen LogP contribution in [0, 0.1) is 16.0 Å². The Hall–Kier alpha value is -3.42. The number of carbonyl (C=O) groups is 2. The van der Waals surface area contributed by atoms with Crippen molar-refractivity contribution >= 4 is 28.9 Å². The molecule has 1 aliphatic rings. The fraction of sp³-hybridized carbons (Fsp3) is 0.364. The lowest BCUT2D eigenvalue weighted by Gasteiger charge is -2.33. The summed E-state index contributed by atoms with van der Waals surface area (Å²) in [5.74, 6) is -0.249. The van der Waals surface area contributed by atoms with Crippen molar-refractivity contribution in [1.29, 1.82) is 0 Å². The maximum atomic E-state index is 13.0. The molecule has 30 heavy (non-hydrogen) atoms. The van der Waals surface area contributed by atoms with Crippen molar-refractivity contribution in [3.63, 3.8) is 0 Å². The summed E-state index contributed by atoms with van der Waals surface area (Å²) in [6.07, 6.45) is 2.01. The topological polar surface area (TPSA) is 102 Å². The summed E-state index contributed by atoms with van der Waals surface area (Å²) in [6.45, 7) is 5.80. The number of carbonyl (C=O) groups excluding carboxylic acids is 2. The van der Waals surface area contributed by atoms with E-state index in [1.807, 2.05) is 0 Å². The second-order valence-electron chi connectivity index (χ2n) is 7.38. The number of anilines is 2. The third-order valence-corrected chi connectivity index (χ3v) is 5.21. The number of esters is 1. The predicted molar refractivity (Wildman–Crippen MR) is 114 cm³/mol. The smallest absolute Gasteiger partial charge is 0.338 e. The standard InChI is InChI=1S/C22H25N3O5/c1-3-30-22(27)16-4-6-17(7-5-16)23-21(26)19-14-18(25(28)29)8-9-20(19)24-12-10-15(2)11-13-24/h4-9,14-15H,3,10-13H2,1-2H3,(H,23,26). The number of ether oxygens (including phenoxy) is 1. The molecule has 0 aliphatic carbocycles. The normalized spacial score (nSPS) is 14.3. The minimum Gasteiger partial charge on any atom is -0.462 e. The summed E-state index contributed by atoms with van der Waals surface area (Å²) in [5, 5.41) is 14.0. The molecule has 0 aromatic heterocycles. The third kappa shape index (κ3) is 4.94. The van der Waals surface area contributed by atoms with E-state index >= 15 is 0 Å². The van der Waals surface area contributed by atoms with Crippen LogP contribution in [0.25, 0.3) is 0 Å². The molecule has 0 atom stereocenters. The molecule has 8 heteroatoms. The Morgan fingerprint density at radius 2 is 1.83 bits per heavy atom. The lowest BCUT2D eigenvalue weighted by Crippen LogP contribution is -2.34. The number of hydrogen-bond acceptors (Lipinski definition) is 6. The van der Waals surface area contributed by atoms with E-state index in [1.54, 1.807) is 37.3 Å². The molecular formula is C22H25N3O5. The van der Waals surface area contributed by atoms with Gasteiger partial charge in [-0.1, -0.05) is 6.92 Å². The van der Waals surface area contributed by atoms with Crippen LogP contribution in [0.5, 0.6) is 0 Å². The first-order chi connectivity index (χ1) is 14.4. The van der Waals surface area contributed by atoms with Crippen molar-refractivity contribution in [1.82, 2.24) is 0 Å². The van der Waals surface area contributed by atoms with E-state index in [0.717, 1.165) is 25.9 Å². The van der Waals surface area contributed by atoms with Gasteiger partial charge in [0.1, 0.15) is 0 Å². The number of non-ortho nitro benzene ring substituents is 1. The maximum Gasteiger partial charge on any atom is 0.338 e. The first-order valence-electron chi connectivity index (χ1n) is 10.0. The molecule has 2 aromatic rings. The summed E-state index contributed by atoms with van der Waals surface area (Å²) in [4.78, 5) is 37.6. The van der Waals surface area contributed by atoms with Gasteiger partial charge in [-0.2, -0.15) is 0 Å². The number of nitrogens with zero attached hydrogens (tertiary/aromatic N) is 2. The second-order valence-corrected chi connectivity index (χ2v) is 7.38. The molecule has 1 fully saturated rings. The second kappa shape index (κ2) is 9.39. The zero-order valence-corrected chi connectivity index (χ0v) is 17.1. The molecule has 0 radical (unpaired) electrons. The van der Waals surface area contributed by atoms with Gasteiger partial charge in [0.15, 0.2) is 0 Å². The van der Waals surface area contributed by atoms with Gasteiger partial charge in [-0.15, -0.1) is 0 Å². The van der Waals surface area contributed by atoms with Crippen molar-refractivity contribution in [3.8, 4) is 0 Å². The SMILES string of the molecule is CCOC(=O)c1ccc(NC(=O)c2cc([N+](=O)[O-])ccc2N2CCC(C)CC2)cc1. The van der Waals surface area contributed by atoms with Gasteiger partial charge in [-0.25, -0.2) is 4.79 Å². The first-order valence-corrected chi connectivity index (χ1v) is 10.0. The largest absolute Gasteiger partial charge is 0.462 e. The summed E-state index contributed by atoms with van der Waals surface area (Å²) in [7, 11) is 0. The Morgan fingerprint density at radius 3 is 2.43 bits per heavy atom. The minimum absolute atomic E-state index is 0.132. The van der Waals surface area contributed by atoms with Crippen molar-refractivity contribution in [2.45, 2.75) is 26.7 Å². The molecule has 1 amide bonds. The van der Waals surface area contributed by atoms with Gasteiger partial charge in [0.25, 0.3) is 11.6 Å². The van der Waals surface area contributed by atoms with Crippen LogP contribution in [0.3, 0.4) is 0 Å². The molecule has 0 bridgehead atoms. The van der Waals surface area contributed by atoms with E-state index in [1.165, 1.54) is 12.1 Å². The van der Waals surface area contributed by atoms with Gasteiger partial charge in [0.2, 0.25) is 0 Å². The van der Waals surface area contributed by atoms with Crippen LogP contribution < -0.4 is 10.2 Å². The highest BCUT2D eigenvalue weighted by Gasteiger charge is 2.23. The van der Waals surface area contributed by atoms with E-state index < -0.39 is 16.8 Å². The minimum atomic E-state index is -0.507. The molecular weight excluding hydrogens is 386 g/mol. The molecule has 0 unspecified atom stereocenters. The summed E-state index contributed by atoms with van der Waals surface area (Å²) < 4.78 is 4.95. The van der Waals surface area contributed by atoms with Crippen LogP contribution in [0.2, 0.25) is 0 Å². The van der Waals surface area contributed by atoms with Crippen molar-refractivity contribution in [2.24, 2.45) is 5.92 Å². The highest BCUT2D eigenvalue weighted by Crippen LogP contribution is 2.30. The molecule has 1 heterocycles. The molecule has 8 nitrogen and oxygen atoms in total. The highest BCUT2D eigenvalue weighted by molar-refractivity contribution is 6.08.